The maximum absolute atomic E-state index is 11.0. The van der Waals surface area contributed by atoms with E-state index in [4.69, 9.17) is 21.4 Å². The molecule has 0 aliphatic heterocycles. The highest BCUT2D eigenvalue weighted by Crippen LogP contribution is 2.31. The zero-order valence-electron chi connectivity index (χ0n) is 26.6. The first-order valence-electron chi connectivity index (χ1n) is 15.6. The summed E-state index contributed by atoms with van der Waals surface area (Å²) in [6.45, 7) is 8.86. The summed E-state index contributed by atoms with van der Waals surface area (Å²) in [4.78, 5) is 12.0. The largest absolute Gasteiger partial charge is 0.478 e. The Kier molecular flexibility index (Phi) is 11.1. The molecule has 1 atom stereocenters. The van der Waals surface area contributed by atoms with Gasteiger partial charge in [0.15, 0.2) is 0 Å². The van der Waals surface area contributed by atoms with Gasteiger partial charge in [-0.3, -0.25) is 0 Å². The predicted molar refractivity (Wildman–Crippen MR) is 194 cm³/mol. The SMILES string of the molecule is CC(C)c1ccc(-c2ccc(C(=CCSc3ccc(OC(Cl)C(=O)O)cc3)c3ccc(-c4ccc(C(C)C)cc4)cc3)cc2)cc1. The van der Waals surface area contributed by atoms with Gasteiger partial charge in [0.25, 0.3) is 5.56 Å². The second-order valence-electron chi connectivity index (χ2n) is 11.9. The van der Waals surface area contributed by atoms with Crippen LogP contribution < -0.4 is 4.74 Å². The maximum Gasteiger partial charge on any atom is 0.360 e. The molecule has 234 valence electrons. The van der Waals surface area contributed by atoms with Crippen LogP contribution >= 0.6 is 23.4 Å². The van der Waals surface area contributed by atoms with Gasteiger partial charge in [0.05, 0.1) is 0 Å². The van der Waals surface area contributed by atoms with Crippen molar-refractivity contribution in [2.24, 2.45) is 0 Å². The number of benzene rings is 5. The summed E-state index contributed by atoms with van der Waals surface area (Å²) in [5.41, 5.74) is 9.55. The van der Waals surface area contributed by atoms with Gasteiger partial charge < -0.3 is 9.84 Å². The van der Waals surface area contributed by atoms with Crippen molar-refractivity contribution in [3.63, 3.8) is 0 Å². The smallest absolute Gasteiger partial charge is 0.360 e. The Labute approximate surface area is 281 Å². The number of hydrogen-bond donors (Lipinski definition) is 1. The lowest BCUT2D eigenvalue weighted by Crippen LogP contribution is -2.20. The lowest BCUT2D eigenvalue weighted by molar-refractivity contribution is -0.141. The normalized spacial score (nSPS) is 11.8. The van der Waals surface area contributed by atoms with Crippen LogP contribution in [0.15, 0.2) is 132 Å². The summed E-state index contributed by atoms with van der Waals surface area (Å²) < 4.78 is 5.25. The van der Waals surface area contributed by atoms with Crippen molar-refractivity contribution in [2.45, 2.75) is 50.0 Å². The van der Waals surface area contributed by atoms with Crippen LogP contribution in [0.2, 0.25) is 0 Å². The van der Waals surface area contributed by atoms with Crippen LogP contribution in [0.25, 0.3) is 27.8 Å². The van der Waals surface area contributed by atoms with Crippen molar-refractivity contribution in [3.8, 4) is 28.0 Å². The fraction of sp³-hybridized carbons (Fsp3) is 0.195. The first-order valence-corrected chi connectivity index (χ1v) is 17.0. The van der Waals surface area contributed by atoms with Gasteiger partial charge in [-0.25, -0.2) is 4.79 Å². The Morgan fingerprint density at radius 3 is 1.41 bits per heavy atom. The predicted octanol–water partition coefficient (Wildman–Crippen LogP) is 11.5. The van der Waals surface area contributed by atoms with E-state index in [0.29, 0.717) is 17.6 Å². The van der Waals surface area contributed by atoms with Crippen LogP contribution in [0, 0.1) is 0 Å². The minimum Gasteiger partial charge on any atom is -0.478 e. The minimum absolute atomic E-state index is 0.417. The molecule has 5 rings (SSSR count). The third-order valence-corrected chi connectivity index (χ3v) is 9.22. The Morgan fingerprint density at radius 2 is 1.04 bits per heavy atom. The molecule has 1 N–H and O–H groups in total. The Morgan fingerprint density at radius 1 is 0.652 bits per heavy atom. The molecule has 46 heavy (non-hydrogen) atoms. The first kappa shape index (κ1) is 33.1. The van der Waals surface area contributed by atoms with Gasteiger partial charge in [0, 0.05) is 10.6 Å². The summed E-state index contributed by atoms with van der Waals surface area (Å²) in [5, 5.41) is 8.99. The second-order valence-corrected chi connectivity index (χ2v) is 13.4. The molecule has 0 amide bonds. The van der Waals surface area contributed by atoms with Crippen molar-refractivity contribution >= 4 is 34.9 Å². The number of carbonyl (C=O) groups is 1. The summed E-state index contributed by atoms with van der Waals surface area (Å²) in [6, 6.07) is 42.6. The van der Waals surface area contributed by atoms with Crippen LogP contribution in [0.4, 0.5) is 0 Å². The van der Waals surface area contributed by atoms with E-state index in [-0.39, 0.29) is 0 Å². The minimum atomic E-state index is -1.42. The number of carboxylic acid groups (broad SMARTS) is 1. The lowest BCUT2D eigenvalue weighted by Gasteiger charge is -2.13. The van der Waals surface area contributed by atoms with E-state index in [1.54, 1.807) is 23.9 Å². The molecule has 3 nitrogen and oxygen atoms in total. The molecule has 0 spiro atoms. The van der Waals surface area contributed by atoms with Gasteiger partial charge in [-0.15, -0.1) is 11.8 Å². The van der Waals surface area contributed by atoms with Crippen molar-refractivity contribution in [3.05, 3.63) is 150 Å². The highest BCUT2D eigenvalue weighted by Gasteiger charge is 2.15. The van der Waals surface area contributed by atoms with Crippen molar-refractivity contribution in [1.29, 1.82) is 0 Å². The van der Waals surface area contributed by atoms with E-state index in [2.05, 4.69) is 131 Å². The number of hydrogen-bond acceptors (Lipinski definition) is 3. The summed E-state index contributed by atoms with van der Waals surface area (Å²) >= 11 is 7.41. The molecule has 0 fully saturated rings. The van der Waals surface area contributed by atoms with Gasteiger partial charge >= 0.3 is 5.97 Å². The summed E-state index contributed by atoms with van der Waals surface area (Å²) in [6.07, 6.45) is 2.27. The Balaban J connectivity index is 1.38. The summed E-state index contributed by atoms with van der Waals surface area (Å²) in [5.74, 6) is 0.968. The van der Waals surface area contributed by atoms with E-state index in [1.165, 1.54) is 39.0 Å². The third-order valence-electron chi connectivity index (χ3n) is 8.01. The number of aliphatic carboxylic acids is 1. The number of thioether (sulfide) groups is 1. The number of rotatable bonds is 12. The molecular weight excluding hydrogens is 608 g/mol. The maximum atomic E-state index is 11.0. The molecule has 5 heteroatoms. The Hall–Kier alpha value is -4.25. The fourth-order valence-corrected chi connectivity index (χ4v) is 6.09. The average molecular weight is 647 g/mol. The quantitative estimate of drug-likeness (QED) is 0.108. The van der Waals surface area contributed by atoms with Crippen molar-refractivity contribution < 1.29 is 14.6 Å². The van der Waals surface area contributed by atoms with Gasteiger partial charge in [0.2, 0.25) is 0 Å². The van der Waals surface area contributed by atoms with Crippen LogP contribution in [0.5, 0.6) is 5.75 Å². The standard InChI is InChI=1S/C41H39ClO3S/c1-27(2)29-5-9-31(10-6-29)33-13-17-35(18-14-33)39(25-26-46-38-23-21-37(22-24-38)45-40(42)41(43)44)36-19-15-34(16-20-36)32-11-7-30(8-12-32)28(3)4/h5-25,27-28,40H,26H2,1-4H3,(H,43,44). The van der Waals surface area contributed by atoms with E-state index < -0.39 is 11.5 Å². The molecule has 0 saturated heterocycles. The molecule has 0 aromatic heterocycles. The van der Waals surface area contributed by atoms with Crippen LogP contribution in [0.3, 0.4) is 0 Å². The zero-order chi connectivity index (χ0) is 32.6. The van der Waals surface area contributed by atoms with Crippen LogP contribution in [-0.2, 0) is 4.79 Å². The van der Waals surface area contributed by atoms with Crippen LogP contribution in [-0.4, -0.2) is 22.4 Å². The molecule has 1 unspecified atom stereocenters. The third kappa shape index (κ3) is 8.51. The molecule has 0 radical (unpaired) electrons. The topological polar surface area (TPSA) is 46.5 Å². The fourth-order valence-electron chi connectivity index (χ4n) is 5.21. The highest BCUT2D eigenvalue weighted by atomic mass is 35.5. The monoisotopic (exact) mass is 646 g/mol. The summed E-state index contributed by atoms with van der Waals surface area (Å²) in [7, 11) is 0. The molecule has 0 heterocycles. The highest BCUT2D eigenvalue weighted by molar-refractivity contribution is 7.99. The first-order chi connectivity index (χ1) is 22.2. The van der Waals surface area contributed by atoms with Gasteiger partial charge in [-0.05, 0) is 86.2 Å². The molecular formula is C41H39ClO3S. The molecule has 0 bridgehead atoms. The van der Waals surface area contributed by atoms with E-state index in [9.17, 15) is 4.79 Å². The molecule has 5 aromatic rings. The van der Waals surface area contributed by atoms with E-state index in [0.717, 1.165) is 21.8 Å². The van der Waals surface area contributed by atoms with Crippen LogP contribution in [0.1, 0.15) is 61.8 Å². The molecule has 0 aliphatic carbocycles. The number of alkyl halides is 1. The Bertz CT molecular complexity index is 1660. The number of ether oxygens (including phenoxy) is 1. The molecule has 5 aromatic carbocycles. The molecule has 0 saturated carbocycles. The van der Waals surface area contributed by atoms with E-state index >= 15 is 0 Å². The number of halogens is 1. The van der Waals surface area contributed by atoms with Gasteiger partial charge in [-0.1, -0.05) is 142 Å². The van der Waals surface area contributed by atoms with E-state index in [1.807, 2.05) is 12.1 Å². The van der Waals surface area contributed by atoms with Crippen molar-refractivity contribution in [2.75, 3.05) is 5.75 Å². The van der Waals surface area contributed by atoms with Crippen molar-refractivity contribution in [1.82, 2.24) is 0 Å². The van der Waals surface area contributed by atoms with Gasteiger partial charge in [-0.2, -0.15) is 0 Å². The van der Waals surface area contributed by atoms with Gasteiger partial charge in [0.1, 0.15) is 5.75 Å². The zero-order valence-corrected chi connectivity index (χ0v) is 28.2. The number of carboxylic acids is 1. The average Bonchev–Trinajstić information content (AvgIpc) is 3.08. The lowest BCUT2D eigenvalue weighted by atomic mass is 9.93. The second kappa shape index (κ2) is 15.4. The molecule has 0 aliphatic rings.